The number of aromatic nitrogens is 2. The first kappa shape index (κ1) is 14.3. The van der Waals surface area contributed by atoms with Crippen molar-refractivity contribution < 1.29 is 4.79 Å². The van der Waals surface area contributed by atoms with Crippen molar-refractivity contribution in [3.63, 3.8) is 0 Å². The quantitative estimate of drug-likeness (QED) is 0.847. The van der Waals surface area contributed by atoms with Gasteiger partial charge in [0.2, 0.25) is 11.9 Å². The molecule has 1 aromatic heterocycles. The number of anilines is 1. The first-order valence-corrected chi connectivity index (χ1v) is 7.86. The van der Waals surface area contributed by atoms with Crippen LogP contribution in [0.5, 0.6) is 0 Å². The monoisotopic (exact) mass is 289 g/mol. The van der Waals surface area contributed by atoms with Crippen LogP contribution >= 0.6 is 0 Å². The maximum absolute atomic E-state index is 12.0. The second-order valence-corrected chi connectivity index (χ2v) is 5.90. The highest BCUT2D eigenvalue weighted by molar-refractivity contribution is 5.81. The zero-order valence-corrected chi connectivity index (χ0v) is 12.3. The van der Waals surface area contributed by atoms with Crippen LogP contribution in [0.4, 0.5) is 5.95 Å². The molecule has 1 aromatic rings. The summed E-state index contributed by atoms with van der Waals surface area (Å²) in [7, 11) is 0. The van der Waals surface area contributed by atoms with E-state index in [1.807, 2.05) is 6.07 Å². The summed E-state index contributed by atoms with van der Waals surface area (Å²) in [5, 5.41) is 6.33. The van der Waals surface area contributed by atoms with Crippen LogP contribution < -0.4 is 15.5 Å². The molecule has 3 heterocycles. The molecule has 0 spiro atoms. The predicted octanol–water partition coefficient (Wildman–Crippen LogP) is 0.561. The Labute approximate surface area is 125 Å². The standard InChI is InChI=1S/C15H23N5O/c21-14(13-5-1-6-16-13)19-10-12-4-2-9-20(11-12)15-17-7-3-8-18-15/h3,7-8,12-13,16H,1-2,4-6,9-11H2,(H,19,21). The third-order valence-corrected chi connectivity index (χ3v) is 4.30. The summed E-state index contributed by atoms with van der Waals surface area (Å²) >= 11 is 0. The van der Waals surface area contributed by atoms with Gasteiger partial charge in [0.25, 0.3) is 0 Å². The van der Waals surface area contributed by atoms with E-state index in [0.717, 1.165) is 57.8 Å². The van der Waals surface area contributed by atoms with Gasteiger partial charge in [0.05, 0.1) is 6.04 Å². The molecule has 0 saturated carbocycles. The third-order valence-electron chi connectivity index (χ3n) is 4.30. The molecule has 0 aliphatic carbocycles. The molecule has 2 aliphatic heterocycles. The molecule has 2 aliphatic rings. The largest absolute Gasteiger partial charge is 0.354 e. The summed E-state index contributed by atoms with van der Waals surface area (Å²) in [5.74, 6) is 1.43. The van der Waals surface area contributed by atoms with Crippen molar-refractivity contribution in [2.75, 3.05) is 31.1 Å². The summed E-state index contributed by atoms with van der Waals surface area (Å²) in [4.78, 5) is 22.9. The van der Waals surface area contributed by atoms with E-state index in [1.165, 1.54) is 0 Å². The van der Waals surface area contributed by atoms with Crippen LogP contribution in [0.15, 0.2) is 18.5 Å². The van der Waals surface area contributed by atoms with Crippen molar-refractivity contribution in [1.29, 1.82) is 0 Å². The summed E-state index contributed by atoms with van der Waals surface area (Å²) in [6.45, 7) is 3.63. The van der Waals surface area contributed by atoms with Gasteiger partial charge in [-0.15, -0.1) is 0 Å². The maximum atomic E-state index is 12.0. The van der Waals surface area contributed by atoms with Crippen molar-refractivity contribution in [3.8, 4) is 0 Å². The molecule has 6 nitrogen and oxygen atoms in total. The molecule has 2 atom stereocenters. The Bertz CT molecular complexity index is 460. The van der Waals surface area contributed by atoms with Crippen molar-refractivity contribution >= 4 is 11.9 Å². The molecule has 6 heteroatoms. The molecule has 2 N–H and O–H groups in total. The minimum absolute atomic E-state index is 0.0159. The molecule has 0 aromatic carbocycles. The van der Waals surface area contributed by atoms with Gasteiger partial charge in [-0.3, -0.25) is 4.79 Å². The molecule has 2 fully saturated rings. The van der Waals surface area contributed by atoms with E-state index < -0.39 is 0 Å². The Morgan fingerprint density at radius 1 is 1.33 bits per heavy atom. The van der Waals surface area contributed by atoms with Gasteiger partial charge in [0.15, 0.2) is 0 Å². The van der Waals surface area contributed by atoms with Crippen molar-refractivity contribution in [2.45, 2.75) is 31.7 Å². The molecular formula is C15H23N5O. The lowest BCUT2D eigenvalue weighted by molar-refractivity contribution is -0.122. The van der Waals surface area contributed by atoms with Gasteiger partial charge in [0, 0.05) is 32.0 Å². The summed E-state index contributed by atoms with van der Waals surface area (Å²) in [6.07, 6.45) is 7.89. The first-order valence-electron chi connectivity index (χ1n) is 7.86. The highest BCUT2D eigenvalue weighted by Crippen LogP contribution is 2.19. The van der Waals surface area contributed by atoms with Crippen LogP contribution in [0.2, 0.25) is 0 Å². The van der Waals surface area contributed by atoms with Crippen LogP contribution in [-0.2, 0) is 4.79 Å². The minimum Gasteiger partial charge on any atom is -0.354 e. The van der Waals surface area contributed by atoms with E-state index in [1.54, 1.807) is 12.4 Å². The lowest BCUT2D eigenvalue weighted by Crippen LogP contribution is -2.45. The predicted molar refractivity (Wildman–Crippen MR) is 81.0 cm³/mol. The molecule has 21 heavy (non-hydrogen) atoms. The smallest absolute Gasteiger partial charge is 0.237 e. The average molecular weight is 289 g/mol. The fourth-order valence-electron chi connectivity index (χ4n) is 3.14. The fraction of sp³-hybridized carbons (Fsp3) is 0.667. The highest BCUT2D eigenvalue weighted by atomic mass is 16.2. The van der Waals surface area contributed by atoms with E-state index >= 15 is 0 Å². The Morgan fingerprint density at radius 2 is 2.19 bits per heavy atom. The van der Waals surface area contributed by atoms with Crippen LogP contribution in [-0.4, -0.2) is 48.1 Å². The van der Waals surface area contributed by atoms with Crippen LogP contribution in [0.1, 0.15) is 25.7 Å². The van der Waals surface area contributed by atoms with Crippen LogP contribution in [0.3, 0.4) is 0 Å². The Kier molecular flexibility index (Phi) is 4.65. The number of nitrogens with zero attached hydrogens (tertiary/aromatic N) is 3. The van der Waals surface area contributed by atoms with Gasteiger partial charge in [-0.05, 0) is 44.2 Å². The second kappa shape index (κ2) is 6.85. The van der Waals surface area contributed by atoms with Gasteiger partial charge in [-0.2, -0.15) is 0 Å². The number of piperidine rings is 1. The van der Waals surface area contributed by atoms with Gasteiger partial charge in [0.1, 0.15) is 0 Å². The van der Waals surface area contributed by atoms with Crippen molar-refractivity contribution in [2.24, 2.45) is 5.92 Å². The molecule has 0 radical (unpaired) electrons. The van der Waals surface area contributed by atoms with Crippen molar-refractivity contribution in [1.82, 2.24) is 20.6 Å². The fourth-order valence-corrected chi connectivity index (χ4v) is 3.14. The van der Waals surface area contributed by atoms with E-state index in [-0.39, 0.29) is 11.9 Å². The number of rotatable bonds is 4. The number of hydrogen-bond acceptors (Lipinski definition) is 5. The molecule has 2 saturated heterocycles. The SMILES string of the molecule is O=C(NCC1CCCN(c2ncccn2)C1)C1CCCN1. The van der Waals surface area contributed by atoms with E-state index in [0.29, 0.717) is 5.92 Å². The molecule has 114 valence electrons. The Balaban J connectivity index is 1.48. The normalized spacial score (nSPS) is 25.8. The number of carbonyl (C=O) groups is 1. The minimum atomic E-state index is 0.0159. The van der Waals surface area contributed by atoms with Gasteiger partial charge in [-0.25, -0.2) is 9.97 Å². The average Bonchev–Trinajstić information content (AvgIpc) is 3.08. The maximum Gasteiger partial charge on any atom is 0.237 e. The van der Waals surface area contributed by atoms with Gasteiger partial charge < -0.3 is 15.5 Å². The summed E-state index contributed by atoms with van der Waals surface area (Å²) in [5.41, 5.74) is 0. The zero-order chi connectivity index (χ0) is 14.5. The molecule has 2 unspecified atom stereocenters. The molecular weight excluding hydrogens is 266 g/mol. The van der Waals surface area contributed by atoms with E-state index in [9.17, 15) is 4.79 Å². The molecule has 0 bridgehead atoms. The van der Waals surface area contributed by atoms with E-state index in [4.69, 9.17) is 0 Å². The van der Waals surface area contributed by atoms with Crippen LogP contribution in [0, 0.1) is 5.92 Å². The Morgan fingerprint density at radius 3 is 2.95 bits per heavy atom. The number of carbonyl (C=O) groups excluding carboxylic acids is 1. The topological polar surface area (TPSA) is 70.2 Å². The number of nitrogens with one attached hydrogen (secondary N) is 2. The number of amides is 1. The second-order valence-electron chi connectivity index (χ2n) is 5.90. The van der Waals surface area contributed by atoms with Crippen LogP contribution in [0.25, 0.3) is 0 Å². The van der Waals surface area contributed by atoms with E-state index in [2.05, 4.69) is 25.5 Å². The molecule has 3 rings (SSSR count). The summed E-state index contributed by atoms with van der Waals surface area (Å²) < 4.78 is 0. The summed E-state index contributed by atoms with van der Waals surface area (Å²) in [6, 6.07) is 1.85. The lowest BCUT2D eigenvalue weighted by Gasteiger charge is -2.32. The highest BCUT2D eigenvalue weighted by Gasteiger charge is 2.25. The van der Waals surface area contributed by atoms with Gasteiger partial charge >= 0.3 is 0 Å². The molecule has 1 amide bonds. The number of hydrogen-bond donors (Lipinski definition) is 2. The van der Waals surface area contributed by atoms with Gasteiger partial charge in [-0.1, -0.05) is 0 Å². The first-order chi connectivity index (χ1) is 10.3. The lowest BCUT2D eigenvalue weighted by atomic mass is 9.98. The third kappa shape index (κ3) is 3.69. The van der Waals surface area contributed by atoms with Crippen molar-refractivity contribution in [3.05, 3.63) is 18.5 Å². The Hall–Kier alpha value is -1.69. The zero-order valence-electron chi connectivity index (χ0n) is 12.3.